The lowest BCUT2D eigenvalue weighted by Gasteiger charge is -2.20. The summed E-state index contributed by atoms with van der Waals surface area (Å²) in [5, 5.41) is 6.41. The fraction of sp³-hybridized carbons (Fsp3) is 0.533. The molecule has 0 spiro atoms. The molecule has 1 amide bonds. The van der Waals surface area contributed by atoms with Crippen molar-refractivity contribution >= 4 is 17.7 Å². The predicted molar refractivity (Wildman–Crippen MR) is 83.8 cm³/mol. The molecule has 1 aromatic rings. The smallest absolute Gasteiger partial charge is 0.406 e. The Balaban J connectivity index is 2.62. The summed E-state index contributed by atoms with van der Waals surface area (Å²) in [5.74, 6) is 0. The largest absolute Gasteiger partial charge is 0.453 e. The maximum Gasteiger partial charge on any atom is 0.406 e. The molecule has 0 aliphatic carbocycles. The summed E-state index contributed by atoms with van der Waals surface area (Å²) < 4.78 is 10.4. The van der Waals surface area contributed by atoms with Crippen LogP contribution in [0.3, 0.4) is 0 Å². The lowest BCUT2D eigenvalue weighted by molar-refractivity contribution is 0.0482. The van der Waals surface area contributed by atoms with Crippen molar-refractivity contribution in [3.63, 3.8) is 0 Å². The van der Waals surface area contributed by atoms with Crippen LogP contribution in [0.1, 0.15) is 23.7 Å². The molecule has 0 heterocycles. The van der Waals surface area contributed by atoms with Crippen molar-refractivity contribution in [2.75, 3.05) is 33.9 Å². The lowest BCUT2D eigenvalue weighted by Crippen LogP contribution is -2.28. The van der Waals surface area contributed by atoms with Gasteiger partial charge in [0.2, 0.25) is 0 Å². The van der Waals surface area contributed by atoms with Crippen molar-refractivity contribution in [3.05, 3.63) is 34.3 Å². The minimum atomic E-state index is -0.454. The third kappa shape index (κ3) is 6.33. The zero-order valence-corrected chi connectivity index (χ0v) is 13.5. The Hall–Kier alpha value is -1.30. The van der Waals surface area contributed by atoms with Crippen molar-refractivity contribution in [1.29, 1.82) is 0 Å². The summed E-state index contributed by atoms with van der Waals surface area (Å²) in [6.07, 6.45) is 0.315. The molecule has 0 aromatic heterocycles. The van der Waals surface area contributed by atoms with Crippen LogP contribution in [-0.4, -0.2) is 39.9 Å². The number of benzene rings is 1. The molecule has 1 unspecified atom stereocenters. The summed E-state index contributed by atoms with van der Waals surface area (Å²) in [5.41, 5.74) is 2.22. The van der Waals surface area contributed by atoms with Crippen molar-refractivity contribution in [2.45, 2.75) is 19.4 Å². The van der Waals surface area contributed by atoms with E-state index in [2.05, 4.69) is 15.4 Å². The Morgan fingerprint density at radius 3 is 2.81 bits per heavy atom. The Bertz CT molecular complexity index is 455. The highest BCUT2D eigenvalue weighted by atomic mass is 35.5. The molecule has 1 atom stereocenters. The number of hydrogen-bond donors (Lipinski definition) is 2. The maximum absolute atomic E-state index is 11.0. The summed E-state index contributed by atoms with van der Waals surface area (Å²) in [4.78, 5) is 11.0. The molecule has 1 aromatic carbocycles. The summed E-state index contributed by atoms with van der Waals surface area (Å²) in [6, 6.07) is 5.79. The van der Waals surface area contributed by atoms with Gasteiger partial charge in [-0.05, 0) is 50.2 Å². The number of nitrogens with one attached hydrogen (secondary N) is 2. The zero-order valence-electron chi connectivity index (χ0n) is 12.7. The van der Waals surface area contributed by atoms with Crippen LogP contribution in [-0.2, 0) is 9.47 Å². The molecule has 0 fully saturated rings. The van der Waals surface area contributed by atoms with Crippen molar-refractivity contribution < 1.29 is 14.3 Å². The van der Waals surface area contributed by atoms with Gasteiger partial charge in [-0.15, -0.1) is 0 Å². The minimum absolute atomic E-state index is 0.0596. The second kappa shape index (κ2) is 9.60. The third-order valence-electron chi connectivity index (χ3n) is 3.12. The molecule has 2 N–H and O–H groups in total. The molecular weight excluding hydrogens is 292 g/mol. The van der Waals surface area contributed by atoms with Gasteiger partial charge in [-0.3, -0.25) is 0 Å². The van der Waals surface area contributed by atoms with Crippen molar-refractivity contribution in [1.82, 2.24) is 10.6 Å². The summed E-state index contributed by atoms with van der Waals surface area (Å²) >= 11 is 6.07. The molecule has 118 valence electrons. The van der Waals surface area contributed by atoms with Crippen LogP contribution in [0.5, 0.6) is 0 Å². The number of ether oxygens (including phenoxy) is 2. The molecule has 0 aliphatic heterocycles. The van der Waals surface area contributed by atoms with Gasteiger partial charge in [0.1, 0.15) is 0 Å². The molecule has 1 rings (SSSR count). The van der Waals surface area contributed by atoms with E-state index in [-0.39, 0.29) is 6.10 Å². The normalized spacial score (nSPS) is 12.0. The van der Waals surface area contributed by atoms with Gasteiger partial charge in [0, 0.05) is 11.6 Å². The van der Waals surface area contributed by atoms with E-state index in [1.807, 2.05) is 32.2 Å². The summed E-state index contributed by atoms with van der Waals surface area (Å²) in [6.45, 7) is 3.69. The second-order valence-corrected chi connectivity index (χ2v) is 5.11. The molecule has 0 saturated carbocycles. The van der Waals surface area contributed by atoms with Crippen LogP contribution >= 0.6 is 11.6 Å². The Morgan fingerprint density at radius 2 is 2.14 bits per heavy atom. The first-order chi connectivity index (χ1) is 10.1. The highest BCUT2D eigenvalue weighted by molar-refractivity contribution is 6.30. The quantitative estimate of drug-likeness (QED) is 0.724. The zero-order chi connectivity index (χ0) is 15.7. The Morgan fingerprint density at radius 1 is 1.38 bits per heavy atom. The average Bonchev–Trinajstić information content (AvgIpc) is 2.49. The van der Waals surface area contributed by atoms with Crippen LogP contribution in [0.2, 0.25) is 5.02 Å². The minimum Gasteiger partial charge on any atom is -0.453 e. The van der Waals surface area contributed by atoms with E-state index in [1.165, 1.54) is 7.11 Å². The van der Waals surface area contributed by atoms with E-state index >= 15 is 0 Å². The monoisotopic (exact) mass is 314 g/mol. The molecule has 0 saturated heterocycles. The van der Waals surface area contributed by atoms with E-state index < -0.39 is 6.09 Å². The number of amides is 1. The topological polar surface area (TPSA) is 59.6 Å². The van der Waals surface area contributed by atoms with Gasteiger partial charge in [0.25, 0.3) is 0 Å². The molecule has 0 aliphatic rings. The van der Waals surface area contributed by atoms with E-state index in [4.69, 9.17) is 16.3 Å². The van der Waals surface area contributed by atoms with Crippen LogP contribution < -0.4 is 10.6 Å². The maximum atomic E-state index is 11.0. The number of halogens is 1. The molecule has 21 heavy (non-hydrogen) atoms. The van der Waals surface area contributed by atoms with Crippen LogP contribution in [0.15, 0.2) is 18.2 Å². The van der Waals surface area contributed by atoms with Crippen molar-refractivity contribution in [2.24, 2.45) is 0 Å². The number of carbonyl (C=O) groups is 1. The molecule has 5 nitrogen and oxygen atoms in total. The fourth-order valence-corrected chi connectivity index (χ4v) is 2.17. The number of aryl methyl sites for hydroxylation is 1. The number of alkyl carbamates (subject to hydrolysis) is 1. The molecule has 6 heteroatoms. The molecule has 0 radical (unpaired) electrons. The van der Waals surface area contributed by atoms with E-state index in [0.29, 0.717) is 18.2 Å². The number of hydrogen-bond acceptors (Lipinski definition) is 4. The Kier molecular flexibility index (Phi) is 8.12. The number of rotatable bonds is 8. The average molecular weight is 315 g/mol. The Labute approximate surface area is 131 Å². The third-order valence-corrected chi connectivity index (χ3v) is 3.36. The van der Waals surface area contributed by atoms with Gasteiger partial charge in [-0.25, -0.2) is 4.79 Å². The first-order valence-electron chi connectivity index (χ1n) is 6.92. The van der Waals surface area contributed by atoms with E-state index in [1.54, 1.807) is 0 Å². The number of carbonyl (C=O) groups excluding carboxylic acids is 1. The van der Waals surface area contributed by atoms with Crippen LogP contribution in [0.25, 0.3) is 0 Å². The van der Waals surface area contributed by atoms with E-state index in [9.17, 15) is 4.79 Å². The van der Waals surface area contributed by atoms with Crippen LogP contribution in [0.4, 0.5) is 4.79 Å². The van der Waals surface area contributed by atoms with Crippen molar-refractivity contribution in [3.8, 4) is 0 Å². The summed E-state index contributed by atoms with van der Waals surface area (Å²) in [7, 11) is 3.24. The van der Waals surface area contributed by atoms with Gasteiger partial charge in [-0.1, -0.05) is 17.7 Å². The molecular formula is C15H23ClN2O3. The van der Waals surface area contributed by atoms with Gasteiger partial charge in [0.05, 0.1) is 19.8 Å². The van der Waals surface area contributed by atoms with E-state index in [0.717, 1.165) is 24.1 Å². The first-order valence-corrected chi connectivity index (χ1v) is 7.30. The van der Waals surface area contributed by atoms with Gasteiger partial charge >= 0.3 is 6.09 Å². The number of methoxy groups -OCH3 is 1. The van der Waals surface area contributed by atoms with Gasteiger partial charge in [0.15, 0.2) is 0 Å². The second-order valence-electron chi connectivity index (χ2n) is 4.67. The SMILES string of the molecule is CNCCC(OCCNC(=O)OC)c1cc(Cl)ccc1C. The first kappa shape index (κ1) is 17.8. The highest BCUT2D eigenvalue weighted by Gasteiger charge is 2.14. The molecule has 0 bridgehead atoms. The van der Waals surface area contributed by atoms with Gasteiger partial charge < -0.3 is 20.1 Å². The fourth-order valence-electron chi connectivity index (χ4n) is 1.99. The standard InChI is InChI=1S/C15H23ClN2O3/c1-11-4-5-12(16)10-13(11)14(6-7-17-2)21-9-8-18-15(19)20-3/h4-5,10,14,17H,6-9H2,1-3H3,(H,18,19). The highest BCUT2D eigenvalue weighted by Crippen LogP contribution is 2.26. The van der Waals surface area contributed by atoms with Gasteiger partial charge in [-0.2, -0.15) is 0 Å². The van der Waals surface area contributed by atoms with Crippen LogP contribution in [0, 0.1) is 6.92 Å². The predicted octanol–water partition coefficient (Wildman–Crippen LogP) is 2.67. The lowest BCUT2D eigenvalue weighted by atomic mass is 10.0.